The molecule has 0 saturated heterocycles. The first kappa shape index (κ1) is 11.1. The van der Waals surface area contributed by atoms with Crippen molar-refractivity contribution in [3.05, 3.63) is 11.1 Å². The zero-order valence-corrected chi connectivity index (χ0v) is 9.23. The Morgan fingerprint density at radius 1 is 1.79 bits per heavy atom. The molecule has 0 aliphatic carbocycles. The lowest BCUT2D eigenvalue weighted by molar-refractivity contribution is -0.119. The monoisotopic (exact) mass is 213 g/mol. The fourth-order valence-corrected chi connectivity index (χ4v) is 1.71. The molecule has 1 amide bonds. The van der Waals surface area contributed by atoms with Crippen molar-refractivity contribution in [2.24, 2.45) is 11.7 Å². The van der Waals surface area contributed by atoms with Crippen molar-refractivity contribution in [3.8, 4) is 0 Å². The second-order valence-corrected chi connectivity index (χ2v) is 4.12. The molecule has 0 fully saturated rings. The van der Waals surface area contributed by atoms with Crippen LogP contribution in [0, 0.1) is 12.8 Å². The highest BCUT2D eigenvalue weighted by atomic mass is 32.1. The number of hydrogen-bond donors (Lipinski definition) is 2. The van der Waals surface area contributed by atoms with E-state index in [0.717, 1.165) is 5.69 Å². The quantitative estimate of drug-likeness (QED) is 0.793. The number of aromatic nitrogens is 1. The molecule has 0 bridgehead atoms. The van der Waals surface area contributed by atoms with E-state index in [1.165, 1.54) is 11.3 Å². The molecule has 0 radical (unpaired) electrons. The summed E-state index contributed by atoms with van der Waals surface area (Å²) in [5.74, 6) is -0.0611. The van der Waals surface area contributed by atoms with Crippen molar-refractivity contribution in [1.29, 1.82) is 0 Å². The summed E-state index contributed by atoms with van der Waals surface area (Å²) in [6, 6.07) is 0. The van der Waals surface area contributed by atoms with Gasteiger partial charge in [-0.25, -0.2) is 4.98 Å². The minimum atomic E-state index is -0.0517. The molecule has 4 nitrogen and oxygen atoms in total. The molecule has 1 aromatic heterocycles. The molecular weight excluding hydrogens is 198 g/mol. The molecule has 78 valence electrons. The summed E-state index contributed by atoms with van der Waals surface area (Å²) >= 11 is 1.44. The summed E-state index contributed by atoms with van der Waals surface area (Å²) in [7, 11) is 0. The van der Waals surface area contributed by atoms with Crippen molar-refractivity contribution < 1.29 is 4.79 Å². The van der Waals surface area contributed by atoms with Crippen molar-refractivity contribution in [2.45, 2.75) is 20.3 Å². The zero-order chi connectivity index (χ0) is 10.6. The van der Waals surface area contributed by atoms with Gasteiger partial charge in [0.15, 0.2) is 5.13 Å². The Morgan fingerprint density at radius 3 is 3.00 bits per heavy atom. The van der Waals surface area contributed by atoms with Crippen LogP contribution in [-0.2, 0) is 4.79 Å². The molecule has 0 aliphatic rings. The van der Waals surface area contributed by atoms with Crippen molar-refractivity contribution in [2.75, 3.05) is 11.9 Å². The molecule has 1 rings (SSSR count). The maximum absolute atomic E-state index is 11.5. The van der Waals surface area contributed by atoms with Gasteiger partial charge >= 0.3 is 0 Å². The van der Waals surface area contributed by atoms with Crippen molar-refractivity contribution in [3.63, 3.8) is 0 Å². The maximum Gasteiger partial charge on any atom is 0.229 e. The lowest BCUT2D eigenvalue weighted by Gasteiger charge is -2.08. The van der Waals surface area contributed by atoms with E-state index in [2.05, 4.69) is 10.3 Å². The first-order chi connectivity index (χ1) is 6.63. The standard InChI is InChI=1S/C9H15N3OS/c1-6(3-4-10)8(13)12-9-11-7(2)5-14-9/h5-6H,3-4,10H2,1-2H3,(H,11,12,13). The number of hydrogen-bond acceptors (Lipinski definition) is 4. The number of carbonyl (C=O) groups is 1. The summed E-state index contributed by atoms with van der Waals surface area (Å²) < 4.78 is 0. The Bertz CT molecular complexity index is 311. The Labute approximate surface area is 87.5 Å². The van der Waals surface area contributed by atoms with Gasteiger partial charge in [0, 0.05) is 11.3 Å². The minimum absolute atomic E-state index is 0.00944. The number of rotatable bonds is 4. The average Bonchev–Trinajstić information content (AvgIpc) is 2.51. The van der Waals surface area contributed by atoms with Crippen LogP contribution in [0.4, 0.5) is 5.13 Å². The van der Waals surface area contributed by atoms with Crippen LogP contribution in [0.2, 0.25) is 0 Å². The van der Waals surface area contributed by atoms with Crippen LogP contribution in [0.25, 0.3) is 0 Å². The Morgan fingerprint density at radius 2 is 2.50 bits per heavy atom. The molecule has 1 atom stereocenters. The van der Waals surface area contributed by atoms with Crippen LogP contribution in [0.3, 0.4) is 0 Å². The number of amides is 1. The summed E-state index contributed by atoms with van der Waals surface area (Å²) in [5.41, 5.74) is 6.30. The van der Waals surface area contributed by atoms with E-state index in [-0.39, 0.29) is 11.8 Å². The molecule has 5 heteroatoms. The van der Waals surface area contributed by atoms with Gasteiger partial charge in [-0.05, 0) is 19.9 Å². The van der Waals surface area contributed by atoms with Gasteiger partial charge in [-0.15, -0.1) is 11.3 Å². The van der Waals surface area contributed by atoms with Gasteiger partial charge in [-0.3, -0.25) is 4.79 Å². The van der Waals surface area contributed by atoms with Gasteiger partial charge in [0.1, 0.15) is 0 Å². The van der Waals surface area contributed by atoms with Gasteiger partial charge in [0.25, 0.3) is 0 Å². The van der Waals surface area contributed by atoms with Gasteiger partial charge in [-0.2, -0.15) is 0 Å². The fraction of sp³-hybridized carbons (Fsp3) is 0.556. The van der Waals surface area contributed by atoms with Crippen LogP contribution >= 0.6 is 11.3 Å². The van der Waals surface area contributed by atoms with Gasteiger partial charge in [-0.1, -0.05) is 6.92 Å². The van der Waals surface area contributed by atoms with Crippen LogP contribution in [0.1, 0.15) is 19.0 Å². The Kier molecular flexibility index (Phi) is 4.03. The van der Waals surface area contributed by atoms with Crippen LogP contribution in [0.15, 0.2) is 5.38 Å². The molecule has 0 aliphatic heterocycles. The zero-order valence-electron chi connectivity index (χ0n) is 8.41. The van der Waals surface area contributed by atoms with Gasteiger partial charge in [0.05, 0.1) is 5.69 Å². The molecule has 0 spiro atoms. The van der Waals surface area contributed by atoms with Crippen LogP contribution < -0.4 is 11.1 Å². The molecule has 14 heavy (non-hydrogen) atoms. The Hall–Kier alpha value is -0.940. The number of nitrogens with two attached hydrogens (primary N) is 1. The third kappa shape index (κ3) is 3.08. The topological polar surface area (TPSA) is 68.0 Å². The molecule has 0 aromatic carbocycles. The highest BCUT2D eigenvalue weighted by molar-refractivity contribution is 7.13. The highest BCUT2D eigenvalue weighted by Gasteiger charge is 2.12. The molecular formula is C9H15N3OS. The van der Waals surface area contributed by atoms with Crippen LogP contribution in [0.5, 0.6) is 0 Å². The number of carbonyl (C=O) groups excluding carboxylic acids is 1. The predicted molar refractivity (Wildman–Crippen MR) is 58.3 cm³/mol. The van der Waals surface area contributed by atoms with Crippen LogP contribution in [-0.4, -0.2) is 17.4 Å². The highest BCUT2D eigenvalue weighted by Crippen LogP contribution is 2.15. The fourth-order valence-electron chi connectivity index (χ4n) is 1.02. The molecule has 1 aromatic rings. The number of aryl methyl sites for hydroxylation is 1. The maximum atomic E-state index is 11.5. The third-order valence-electron chi connectivity index (χ3n) is 1.90. The molecule has 3 N–H and O–H groups in total. The summed E-state index contributed by atoms with van der Waals surface area (Å²) in [4.78, 5) is 15.7. The average molecular weight is 213 g/mol. The minimum Gasteiger partial charge on any atom is -0.330 e. The van der Waals surface area contributed by atoms with Gasteiger partial charge in [0.2, 0.25) is 5.91 Å². The number of nitrogens with one attached hydrogen (secondary N) is 1. The second-order valence-electron chi connectivity index (χ2n) is 3.26. The predicted octanol–water partition coefficient (Wildman–Crippen LogP) is 1.37. The Balaban J connectivity index is 2.48. The van der Waals surface area contributed by atoms with E-state index >= 15 is 0 Å². The first-order valence-electron chi connectivity index (χ1n) is 4.56. The first-order valence-corrected chi connectivity index (χ1v) is 5.44. The summed E-state index contributed by atoms with van der Waals surface area (Å²) in [6.45, 7) is 4.30. The molecule has 0 saturated carbocycles. The normalized spacial score (nSPS) is 12.5. The SMILES string of the molecule is Cc1csc(NC(=O)C(C)CCN)n1. The van der Waals surface area contributed by atoms with E-state index in [9.17, 15) is 4.79 Å². The number of thiazole rings is 1. The van der Waals surface area contributed by atoms with E-state index in [1.807, 2.05) is 19.2 Å². The van der Waals surface area contributed by atoms with E-state index in [1.54, 1.807) is 0 Å². The van der Waals surface area contributed by atoms with E-state index < -0.39 is 0 Å². The van der Waals surface area contributed by atoms with Gasteiger partial charge < -0.3 is 11.1 Å². The summed E-state index contributed by atoms with van der Waals surface area (Å²) in [5, 5.41) is 5.33. The second kappa shape index (κ2) is 5.07. The van der Waals surface area contributed by atoms with Crippen molar-refractivity contribution in [1.82, 2.24) is 4.98 Å². The van der Waals surface area contributed by atoms with E-state index in [0.29, 0.717) is 18.1 Å². The van der Waals surface area contributed by atoms with E-state index in [4.69, 9.17) is 5.73 Å². The molecule has 1 unspecified atom stereocenters. The molecule has 1 heterocycles. The third-order valence-corrected chi connectivity index (χ3v) is 2.77. The number of nitrogens with zero attached hydrogens (tertiary/aromatic N) is 1. The summed E-state index contributed by atoms with van der Waals surface area (Å²) in [6.07, 6.45) is 0.705. The lowest BCUT2D eigenvalue weighted by atomic mass is 10.1. The lowest BCUT2D eigenvalue weighted by Crippen LogP contribution is -2.22. The van der Waals surface area contributed by atoms with Crippen molar-refractivity contribution >= 4 is 22.4 Å². The smallest absolute Gasteiger partial charge is 0.229 e. The number of anilines is 1. The largest absolute Gasteiger partial charge is 0.330 e.